The van der Waals surface area contributed by atoms with Crippen LogP contribution in [0.25, 0.3) is 10.8 Å². The summed E-state index contributed by atoms with van der Waals surface area (Å²) in [4.78, 5) is 27.4. The lowest BCUT2D eigenvalue weighted by molar-refractivity contribution is -0.135. The number of thiocarbonyl (C=S) groups is 1. The van der Waals surface area contributed by atoms with Gasteiger partial charge in [-0.2, -0.15) is 0 Å². The topological polar surface area (TPSA) is 97.1 Å². The highest BCUT2D eigenvalue weighted by atomic mass is 32.1. The molecule has 102 valence electrons. The number of anilines is 1. The molecule has 0 unspecified atom stereocenters. The quantitative estimate of drug-likeness (QED) is 0.567. The fourth-order valence-corrected chi connectivity index (χ4v) is 1.72. The number of rotatable bonds is 3. The van der Waals surface area contributed by atoms with Crippen LogP contribution in [0.4, 0.5) is 5.69 Å². The molecule has 0 spiro atoms. The predicted octanol–water partition coefficient (Wildman–Crippen LogP) is 0.576. The summed E-state index contributed by atoms with van der Waals surface area (Å²) >= 11 is 4.62. The van der Waals surface area contributed by atoms with Crippen molar-refractivity contribution in [2.75, 3.05) is 11.9 Å². The lowest BCUT2D eigenvalue weighted by atomic mass is 10.1. The van der Waals surface area contributed by atoms with E-state index in [2.05, 4.69) is 27.8 Å². The number of nitrogens with zero attached hydrogens (tertiary/aromatic N) is 1. The van der Waals surface area contributed by atoms with Crippen LogP contribution in [0.3, 0.4) is 0 Å². The van der Waals surface area contributed by atoms with E-state index < -0.39 is 11.8 Å². The van der Waals surface area contributed by atoms with E-state index >= 15 is 0 Å². The van der Waals surface area contributed by atoms with E-state index in [-0.39, 0.29) is 11.5 Å². The van der Waals surface area contributed by atoms with Crippen molar-refractivity contribution in [2.24, 2.45) is 5.73 Å². The molecule has 0 aliphatic heterocycles. The van der Waals surface area contributed by atoms with Crippen molar-refractivity contribution >= 4 is 45.5 Å². The molecule has 0 aliphatic carbocycles. The summed E-state index contributed by atoms with van der Waals surface area (Å²) in [6.07, 6.45) is 3.28. The zero-order valence-corrected chi connectivity index (χ0v) is 11.2. The zero-order chi connectivity index (χ0) is 14.5. The Morgan fingerprint density at radius 1 is 1.25 bits per heavy atom. The number of carbonyl (C=O) groups is 2. The number of benzene rings is 1. The Balaban J connectivity index is 2.14. The van der Waals surface area contributed by atoms with Crippen LogP contribution < -0.4 is 16.4 Å². The van der Waals surface area contributed by atoms with Crippen LogP contribution >= 0.6 is 12.2 Å². The molecule has 0 saturated heterocycles. The Kier molecular flexibility index (Phi) is 4.21. The zero-order valence-electron chi connectivity index (χ0n) is 10.4. The van der Waals surface area contributed by atoms with E-state index in [0.717, 1.165) is 10.8 Å². The highest BCUT2D eigenvalue weighted by molar-refractivity contribution is 7.80. The largest absolute Gasteiger partial charge is 0.392 e. The van der Waals surface area contributed by atoms with E-state index in [1.807, 2.05) is 12.1 Å². The lowest BCUT2D eigenvalue weighted by Crippen LogP contribution is -2.39. The Morgan fingerprint density at radius 3 is 2.80 bits per heavy atom. The van der Waals surface area contributed by atoms with Gasteiger partial charge in [0.25, 0.3) is 0 Å². The molecule has 0 bridgehead atoms. The second-order valence-corrected chi connectivity index (χ2v) is 4.53. The van der Waals surface area contributed by atoms with Crippen molar-refractivity contribution in [3.05, 3.63) is 36.7 Å². The highest BCUT2D eigenvalue weighted by Gasteiger charge is 2.14. The van der Waals surface area contributed by atoms with Crippen molar-refractivity contribution < 1.29 is 9.59 Å². The normalized spacial score (nSPS) is 10.0. The molecule has 4 N–H and O–H groups in total. The fourth-order valence-electron chi connectivity index (χ4n) is 1.65. The smallest absolute Gasteiger partial charge is 0.313 e. The highest BCUT2D eigenvalue weighted by Crippen LogP contribution is 2.21. The van der Waals surface area contributed by atoms with Crippen LogP contribution in [-0.2, 0) is 9.59 Å². The van der Waals surface area contributed by atoms with Crippen molar-refractivity contribution in [1.29, 1.82) is 0 Å². The van der Waals surface area contributed by atoms with Gasteiger partial charge in [0.2, 0.25) is 0 Å². The molecular formula is C13H12N4O2S. The molecule has 0 saturated carbocycles. The number of aromatic nitrogens is 1. The molecule has 1 heterocycles. The second-order valence-electron chi connectivity index (χ2n) is 4.01. The van der Waals surface area contributed by atoms with Gasteiger partial charge in [0.15, 0.2) is 0 Å². The maximum Gasteiger partial charge on any atom is 0.313 e. The van der Waals surface area contributed by atoms with Gasteiger partial charge in [0, 0.05) is 17.8 Å². The average molecular weight is 288 g/mol. The van der Waals surface area contributed by atoms with Crippen molar-refractivity contribution in [3.8, 4) is 0 Å². The summed E-state index contributed by atoms with van der Waals surface area (Å²) in [6.45, 7) is -0.0152. The van der Waals surface area contributed by atoms with Gasteiger partial charge in [0.05, 0.1) is 17.2 Å². The molecule has 1 aromatic heterocycles. The molecule has 0 fully saturated rings. The Bertz CT molecular complexity index is 682. The fraction of sp³-hybridized carbons (Fsp3) is 0.0769. The third kappa shape index (κ3) is 3.27. The standard InChI is InChI=1S/C13H12N4O2S/c14-11(20)7-16-12(18)13(19)17-10-3-1-2-8-4-5-15-6-9(8)10/h1-6H,7H2,(H2,14,20)(H,16,18)(H,17,19). The number of hydrogen-bond donors (Lipinski definition) is 3. The number of pyridine rings is 1. The minimum absolute atomic E-state index is 0.0152. The number of hydrogen-bond acceptors (Lipinski definition) is 4. The first-order chi connectivity index (χ1) is 9.58. The minimum Gasteiger partial charge on any atom is -0.392 e. The van der Waals surface area contributed by atoms with Gasteiger partial charge in [-0.05, 0) is 17.5 Å². The molecule has 7 heteroatoms. The third-order valence-corrected chi connectivity index (χ3v) is 2.71. The first-order valence-electron chi connectivity index (χ1n) is 5.78. The summed E-state index contributed by atoms with van der Waals surface area (Å²) < 4.78 is 0. The molecule has 0 aliphatic rings. The maximum absolute atomic E-state index is 11.7. The monoisotopic (exact) mass is 288 g/mol. The first kappa shape index (κ1) is 13.9. The minimum atomic E-state index is -0.793. The van der Waals surface area contributed by atoms with E-state index in [0.29, 0.717) is 5.69 Å². The molecule has 2 aromatic rings. The molecule has 0 radical (unpaired) electrons. The summed E-state index contributed by atoms with van der Waals surface area (Å²) in [7, 11) is 0. The summed E-state index contributed by atoms with van der Waals surface area (Å²) in [5, 5.41) is 6.52. The van der Waals surface area contributed by atoms with Gasteiger partial charge in [-0.15, -0.1) is 0 Å². The van der Waals surface area contributed by atoms with E-state index in [4.69, 9.17) is 5.73 Å². The molecule has 2 amide bonds. The Morgan fingerprint density at radius 2 is 2.05 bits per heavy atom. The van der Waals surface area contributed by atoms with Gasteiger partial charge >= 0.3 is 11.8 Å². The van der Waals surface area contributed by atoms with Crippen LogP contribution in [0.15, 0.2) is 36.7 Å². The van der Waals surface area contributed by atoms with Crippen LogP contribution in [-0.4, -0.2) is 28.3 Å². The van der Waals surface area contributed by atoms with Crippen molar-refractivity contribution in [2.45, 2.75) is 0 Å². The number of nitrogens with one attached hydrogen (secondary N) is 2. The van der Waals surface area contributed by atoms with Crippen LogP contribution in [0.1, 0.15) is 0 Å². The van der Waals surface area contributed by atoms with Crippen LogP contribution in [0.2, 0.25) is 0 Å². The van der Waals surface area contributed by atoms with Crippen molar-refractivity contribution in [3.63, 3.8) is 0 Å². The van der Waals surface area contributed by atoms with E-state index in [1.54, 1.807) is 24.5 Å². The molecule has 2 rings (SSSR count). The van der Waals surface area contributed by atoms with Crippen LogP contribution in [0.5, 0.6) is 0 Å². The van der Waals surface area contributed by atoms with Gasteiger partial charge in [-0.1, -0.05) is 24.4 Å². The maximum atomic E-state index is 11.7. The van der Waals surface area contributed by atoms with Gasteiger partial charge in [0.1, 0.15) is 0 Å². The Hall–Kier alpha value is -2.54. The molecule has 20 heavy (non-hydrogen) atoms. The van der Waals surface area contributed by atoms with Gasteiger partial charge in [-0.25, -0.2) is 0 Å². The summed E-state index contributed by atoms with van der Waals surface area (Å²) in [6, 6.07) is 7.19. The predicted molar refractivity (Wildman–Crippen MR) is 80.2 cm³/mol. The molecular weight excluding hydrogens is 276 g/mol. The molecule has 1 aromatic carbocycles. The number of carbonyl (C=O) groups excluding carboxylic acids is 2. The van der Waals surface area contributed by atoms with E-state index in [1.165, 1.54) is 0 Å². The van der Waals surface area contributed by atoms with Gasteiger partial charge < -0.3 is 16.4 Å². The van der Waals surface area contributed by atoms with Gasteiger partial charge in [-0.3, -0.25) is 14.6 Å². The summed E-state index contributed by atoms with van der Waals surface area (Å²) in [5.41, 5.74) is 5.76. The molecule has 0 atom stereocenters. The second kappa shape index (κ2) is 6.07. The summed E-state index contributed by atoms with van der Waals surface area (Å²) in [5.74, 6) is -1.57. The number of nitrogens with two attached hydrogens (primary N) is 1. The lowest BCUT2D eigenvalue weighted by Gasteiger charge is -2.08. The van der Waals surface area contributed by atoms with E-state index in [9.17, 15) is 9.59 Å². The van der Waals surface area contributed by atoms with Crippen molar-refractivity contribution in [1.82, 2.24) is 10.3 Å². The Labute approximate surface area is 120 Å². The SMILES string of the molecule is NC(=S)CNC(=O)C(=O)Nc1cccc2ccncc12. The number of fused-ring (bicyclic) bond motifs is 1. The third-order valence-electron chi connectivity index (χ3n) is 2.56. The van der Waals surface area contributed by atoms with Crippen LogP contribution in [0, 0.1) is 0 Å². The number of amides is 2. The average Bonchev–Trinajstić information content (AvgIpc) is 2.45. The molecule has 6 nitrogen and oxygen atoms in total. The first-order valence-corrected chi connectivity index (χ1v) is 6.19.